The van der Waals surface area contributed by atoms with Gasteiger partial charge in [0.15, 0.2) is 14.1 Å². The van der Waals surface area contributed by atoms with E-state index in [9.17, 15) is 4.79 Å². The highest BCUT2D eigenvalue weighted by atomic mass is 28.4. The highest BCUT2D eigenvalue weighted by molar-refractivity contribution is 6.71. The fourth-order valence-corrected chi connectivity index (χ4v) is 5.94. The Hall–Kier alpha value is -0.899. The van der Waals surface area contributed by atoms with E-state index in [0.29, 0.717) is 24.2 Å². The quantitative estimate of drug-likeness (QED) is 0.227. The van der Waals surface area contributed by atoms with Crippen molar-refractivity contribution in [1.29, 1.82) is 0 Å². The van der Waals surface area contributed by atoms with E-state index in [-0.39, 0.29) is 17.8 Å². The summed E-state index contributed by atoms with van der Waals surface area (Å²) < 4.78 is 20.0. The van der Waals surface area contributed by atoms with E-state index in [0.717, 1.165) is 11.3 Å². The zero-order chi connectivity index (χ0) is 24.4. The van der Waals surface area contributed by atoms with Crippen LogP contribution < -0.4 is 0 Å². The standard InChI is InChI=1S/C24H46O4Si3/c1-17(2)14-15-19-22(26-29(5,6)7)21(20(25)16-18(3)4)24(28-31(11,12)13)23(19)27-30(8,9)10/h14,18,23H,15-16H2,1-13H3. The van der Waals surface area contributed by atoms with Crippen molar-refractivity contribution < 1.29 is 18.1 Å². The summed E-state index contributed by atoms with van der Waals surface area (Å²) in [6, 6.07) is 0. The van der Waals surface area contributed by atoms with Gasteiger partial charge in [-0.1, -0.05) is 25.5 Å². The summed E-state index contributed by atoms with van der Waals surface area (Å²) in [5.74, 6) is 1.81. The molecule has 1 rings (SSSR count). The Morgan fingerprint density at radius 1 is 0.903 bits per heavy atom. The minimum Gasteiger partial charge on any atom is -0.545 e. The summed E-state index contributed by atoms with van der Waals surface area (Å²) in [5.41, 5.74) is 2.92. The molecule has 0 saturated carbocycles. The first-order chi connectivity index (χ1) is 13.8. The first-order valence-corrected chi connectivity index (χ1v) is 21.7. The van der Waals surface area contributed by atoms with Crippen molar-refractivity contribution >= 4 is 30.7 Å². The molecule has 0 spiro atoms. The van der Waals surface area contributed by atoms with Crippen molar-refractivity contribution in [3.05, 3.63) is 34.3 Å². The Labute approximate surface area is 194 Å². The number of ketones is 1. The fraction of sp³-hybridized carbons (Fsp3) is 0.708. The molecule has 1 atom stereocenters. The number of allylic oxidation sites excluding steroid dienone is 3. The Balaban J connectivity index is 3.83. The summed E-state index contributed by atoms with van der Waals surface area (Å²) in [7, 11) is -5.90. The molecule has 0 aromatic carbocycles. The van der Waals surface area contributed by atoms with Crippen molar-refractivity contribution in [2.24, 2.45) is 5.92 Å². The number of Topliss-reactive ketones (excluding diaryl/α,β-unsaturated/α-hetero) is 1. The third-order valence-electron chi connectivity index (χ3n) is 4.22. The molecule has 31 heavy (non-hydrogen) atoms. The Bertz CT molecular complexity index is 753. The monoisotopic (exact) mass is 482 g/mol. The summed E-state index contributed by atoms with van der Waals surface area (Å²) in [6.07, 6.45) is 3.04. The number of hydrogen-bond donors (Lipinski definition) is 0. The fourth-order valence-electron chi connectivity index (χ4n) is 3.27. The van der Waals surface area contributed by atoms with Crippen LogP contribution in [0.5, 0.6) is 0 Å². The van der Waals surface area contributed by atoms with E-state index in [1.54, 1.807) is 0 Å². The molecule has 1 aliphatic rings. The second kappa shape index (κ2) is 10.4. The largest absolute Gasteiger partial charge is 0.545 e. The molecule has 0 aliphatic heterocycles. The van der Waals surface area contributed by atoms with Gasteiger partial charge in [0.25, 0.3) is 0 Å². The smallest absolute Gasteiger partial charge is 0.242 e. The van der Waals surface area contributed by atoms with Crippen LogP contribution in [-0.4, -0.2) is 36.8 Å². The molecule has 0 saturated heterocycles. The minimum absolute atomic E-state index is 0.105. The van der Waals surface area contributed by atoms with Crippen LogP contribution in [0, 0.1) is 5.92 Å². The topological polar surface area (TPSA) is 44.8 Å². The normalized spacial score (nSPS) is 18.1. The van der Waals surface area contributed by atoms with Crippen LogP contribution in [0.15, 0.2) is 34.3 Å². The lowest BCUT2D eigenvalue weighted by Gasteiger charge is -2.31. The van der Waals surface area contributed by atoms with Gasteiger partial charge in [0.2, 0.25) is 16.6 Å². The van der Waals surface area contributed by atoms with Gasteiger partial charge in [-0.2, -0.15) is 0 Å². The molecule has 1 unspecified atom stereocenters. The summed E-state index contributed by atoms with van der Waals surface area (Å²) in [5, 5.41) is 0. The highest BCUT2D eigenvalue weighted by Gasteiger charge is 2.44. The van der Waals surface area contributed by atoms with Gasteiger partial charge in [-0.25, -0.2) is 0 Å². The maximum atomic E-state index is 13.6. The van der Waals surface area contributed by atoms with Gasteiger partial charge in [0.05, 0.1) is 5.57 Å². The van der Waals surface area contributed by atoms with Gasteiger partial charge in [-0.3, -0.25) is 4.79 Å². The molecule has 0 amide bonds. The van der Waals surface area contributed by atoms with E-state index >= 15 is 0 Å². The van der Waals surface area contributed by atoms with Gasteiger partial charge in [0, 0.05) is 12.0 Å². The number of rotatable bonds is 11. The number of carbonyl (C=O) groups is 1. The van der Waals surface area contributed by atoms with Crippen LogP contribution in [0.1, 0.15) is 40.5 Å². The lowest BCUT2D eigenvalue weighted by Crippen LogP contribution is -2.37. The van der Waals surface area contributed by atoms with E-state index in [1.807, 2.05) is 0 Å². The molecule has 1 aliphatic carbocycles. The molecule has 0 N–H and O–H groups in total. The van der Waals surface area contributed by atoms with E-state index in [4.69, 9.17) is 13.3 Å². The van der Waals surface area contributed by atoms with E-state index < -0.39 is 25.0 Å². The molecular formula is C24H46O4Si3. The average Bonchev–Trinajstić information content (AvgIpc) is 2.72. The lowest BCUT2D eigenvalue weighted by atomic mass is 10.0. The second-order valence-electron chi connectivity index (χ2n) is 12.1. The third-order valence-corrected chi connectivity index (χ3v) is 6.81. The summed E-state index contributed by atoms with van der Waals surface area (Å²) in [4.78, 5) is 13.6. The predicted octanol–water partition coefficient (Wildman–Crippen LogP) is 7.40. The second-order valence-corrected chi connectivity index (χ2v) is 25.5. The molecule has 178 valence electrons. The molecule has 0 aromatic rings. The third kappa shape index (κ3) is 9.63. The van der Waals surface area contributed by atoms with Gasteiger partial charge in [-0.05, 0) is 85.1 Å². The maximum Gasteiger partial charge on any atom is 0.242 e. The van der Waals surface area contributed by atoms with Crippen molar-refractivity contribution in [3.8, 4) is 0 Å². The molecule has 0 bridgehead atoms. The van der Waals surface area contributed by atoms with Gasteiger partial charge in [-0.15, -0.1) is 0 Å². The molecular weight excluding hydrogens is 437 g/mol. The van der Waals surface area contributed by atoms with Crippen LogP contribution >= 0.6 is 0 Å². The van der Waals surface area contributed by atoms with Gasteiger partial charge in [0.1, 0.15) is 17.6 Å². The van der Waals surface area contributed by atoms with Crippen LogP contribution in [0.4, 0.5) is 0 Å². The van der Waals surface area contributed by atoms with Crippen molar-refractivity contribution in [2.45, 2.75) is 106 Å². The van der Waals surface area contributed by atoms with Gasteiger partial charge >= 0.3 is 0 Å². The molecule has 0 heterocycles. The summed E-state index contributed by atoms with van der Waals surface area (Å²) in [6.45, 7) is 27.9. The van der Waals surface area contributed by atoms with Crippen LogP contribution in [0.3, 0.4) is 0 Å². The molecule has 0 aromatic heterocycles. The Kier molecular flexibility index (Phi) is 9.40. The van der Waals surface area contributed by atoms with E-state index in [2.05, 4.69) is 92.7 Å². The SMILES string of the molecule is CC(C)=CCC1=C(O[Si](C)(C)C)C(C(=O)CC(C)C)=C(O[Si](C)(C)C)C1O[Si](C)(C)C. The Morgan fingerprint density at radius 3 is 1.81 bits per heavy atom. The predicted molar refractivity (Wildman–Crippen MR) is 140 cm³/mol. The molecule has 0 radical (unpaired) electrons. The molecule has 4 nitrogen and oxygen atoms in total. The average molecular weight is 483 g/mol. The summed E-state index contributed by atoms with van der Waals surface area (Å²) >= 11 is 0. The maximum absolute atomic E-state index is 13.6. The van der Waals surface area contributed by atoms with Crippen LogP contribution in [0.25, 0.3) is 0 Å². The van der Waals surface area contributed by atoms with Crippen molar-refractivity contribution in [3.63, 3.8) is 0 Å². The van der Waals surface area contributed by atoms with Crippen molar-refractivity contribution in [1.82, 2.24) is 0 Å². The lowest BCUT2D eigenvalue weighted by molar-refractivity contribution is -0.116. The van der Waals surface area contributed by atoms with Crippen LogP contribution in [-0.2, 0) is 18.1 Å². The van der Waals surface area contributed by atoms with Crippen molar-refractivity contribution in [2.75, 3.05) is 0 Å². The van der Waals surface area contributed by atoms with Crippen LogP contribution in [0.2, 0.25) is 58.9 Å². The zero-order valence-corrected chi connectivity index (χ0v) is 25.3. The van der Waals surface area contributed by atoms with Gasteiger partial charge < -0.3 is 13.3 Å². The van der Waals surface area contributed by atoms with E-state index in [1.165, 1.54) is 5.57 Å². The zero-order valence-electron chi connectivity index (χ0n) is 22.3. The Morgan fingerprint density at radius 2 is 1.42 bits per heavy atom. The number of hydrogen-bond acceptors (Lipinski definition) is 4. The molecule has 7 heteroatoms. The molecule has 0 fully saturated rings. The first kappa shape index (κ1) is 28.1. The number of carbonyl (C=O) groups excluding carboxylic acids is 1. The first-order valence-electron chi connectivity index (χ1n) is 11.5. The minimum atomic E-state index is -1.99. The highest BCUT2D eigenvalue weighted by Crippen LogP contribution is 2.43.